The van der Waals surface area contributed by atoms with Crippen molar-refractivity contribution in [2.75, 3.05) is 5.32 Å². The highest BCUT2D eigenvalue weighted by Gasteiger charge is 2.12. The van der Waals surface area contributed by atoms with Crippen LogP contribution in [0.4, 0.5) is 5.69 Å². The van der Waals surface area contributed by atoms with E-state index in [-0.39, 0.29) is 5.91 Å². The number of rotatable bonds is 2. The molecule has 1 aromatic carbocycles. The molecule has 19 heavy (non-hydrogen) atoms. The quantitative estimate of drug-likeness (QED) is 0.784. The molecule has 0 saturated carbocycles. The van der Waals surface area contributed by atoms with Crippen LogP contribution in [0.15, 0.2) is 35.8 Å². The summed E-state index contributed by atoms with van der Waals surface area (Å²) < 4.78 is 1.90. The van der Waals surface area contributed by atoms with Crippen LogP contribution in [-0.4, -0.2) is 15.3 Å². The summed E-state index contributed by atoms with van der Waals surface area (Å²) in [5.41, 5.74) is 2.17. The number of imidazole rings is 1. The van der Waals surface area contributed by atoms with Crippen LogP contribution in [-0.2, 0) is 0 Å². The first-order valence-electron chi connectivity index (χ1n) is 5.63. The van der Waals surface area contributed by atoms with E-state index in [9.17, 15) is 4.79 Å². The number of nitrogens with zero attached hydrogens (tertiary/aromatic N) is 2. The molecule has 0 bridgehead atoms. The Kier molecular flexibility index (Phi) is 3.00. The van der Waals surface area contributed by atoms with Gasteiger partial charge < -0.3 is 5.32 Å². The van der Waals surface area contributed by atoms with Gasteiger partial charge in [0.15, 0.2) is 4.96 Å². The van der Waals surface area contributed by atoms with Crippen molar-refractivity contribution in [1.82, 2.24) is 9.38 Å². The fourth-order valence-electron chi connectivity index (χ4n) is 1.73. The van der Waals surface area contributed by atoms with Crippen molar-refractivity contribution in [2.45, 2.75) is 6.92 Å². The van der Waals surface area contributed by atoms with E-state index in [4.69, 9.17) is 11.6 Å². The third kappa shape index (κ3) is 2.34. The van der Waals surface area contributed by atoms with Crippen LogP contribution >= 0.6 is 22.9 Å². The second-order valence-corrected chi connectivity index (χ2v) is 5.39. The molecule has 1 amide bonds. The minimum Gasteiger partial charge on any atom is -0.321 e. The number of aromatic nitrogens is 2. The minimum absolute atomic E-state index is 0.224. The molecule has 3 rings (SSSR count). The lowest BCUT2D eigenvalue weighted by Crippen LogP contribution is -2.12. The molecule has 0 aliphatic heterocycles. The number of carbonyl (C=O) groups excluding carboxylic acids is 1. The second kappa shape index (κ2) is 4.68. The number of benzene rings is 1. The first-order valence-corrected chi connectivity index (χ1v) is 6.89. The molecule has 0 unspecified atom stereocenters. The molecule has 0 fully saturated rings. The maximum atomic E-state index is 12.1. The molecule has 0 aliphatic rings. The van der Waals surface area contributed by atoms with E-state index in [0.29, 0.717) is 16.4 Å². The lowest BCUT2D eigenvalue weighted by Gasteiger charge is -2.02. The van der Waals surface area contributed by atoms with Gasteiger partial charge in [0.2, 0.25) is 0 Å². The SMILES string of the molecule is Cc1csc2nc(C(=O)Nc3ccc(Cl)cc3)cn12. The van der Waals surface area contributed by atoms with Crippen LogP contribution in [0.25, 0.3) is 4.96 Å². The fourth-order valence-corrected chi connectivity index (χ4v) is 2.71. The van der Waals surface area contributed by atoms with Crippen molar-refractivity contribution in [3.63, 3.8) is 0 Å². The Morgan fingerprint density at radius 3 is 2.79 bits per heavy atom. The summed E-state index contributed by atoms with van der Waals surface area (Å²) in [6, 6.07) is 6.97. The monoisotopic (exact) mass is 291 g/mol. The zero-order chi connectivity index (χ0) is 13.4. The van der Waals surface area contributed by atoms with Gasteiger partial charge in [-0.1, -0.05) is 11.6 Å². The van der Waals surface area contributed by atoms with Gasteiger partial charge in [0, 0.05) is 28.0 Å². The van der Waals surface area contributed by atoms with Crippen LogP contribution in [0.2, 0.25) is 5.02 Å². The van der Waals surface area contributed by atoms with Crippen molar-refractivity contribution in [3.05, 3.63) is 52.3 Å². The van der Waals surface area contributed by atoms with Gasteiger partial charge >= 0.3 is 0 Å². The molecule has 4 nitrogen and oxygen atoms in total. The summed E-state index contributed by atoms with van der Waals surface area (Å²) in [6.07, 6.45) is 1.74. The topological polar surface area (TPSA) is 46.4 Å². The predicted molar refractivity (Wildman–Crippen MR) is 77.2 cm³/mol. The van der Waals surface area contributed by atoms with Gasteiger partial charge in [-0.25, -0.2) is 4.98 Å². The summed E-state index contributed by atoms with van der Waals surface area (Å²) in [4.78, 5) is 17.2. The number of hydrogen-bond donors (Lipinski definition) is 1. The zero-order valence-corrected chi connectivity index (χ0v) is 11.6. The Hall–Kier alpha value is -1.85. The summed E-state index contributed by atoms with van der Waals surface area (Å²) in [7, 11) is 0. The minimum atomic E-state index is -0.224. The predicted octanol–water partition coefficient (Wildman–Crippen LogP) is 3.61. The first-order chi connectivity index (χ1) is 9.13. The van der Waals surface area contributed by atoms with Gasteiger partial charge in [-0.15, -0.1) is 11.3 Å². The Labute approximate surface area is 118 Å². The molecule has 0 aliphatic carbocycles. The highest BCUT2D eigenvalue weighted by Crippen LogP contribution is 2.17. The lowest BCUT2D eigenvalue weighted by atomic mass is 10.3. The maximum Gasteiger partial charge on any atom is 0.275 e. The number of aryl methyl sites for hydroxylation is 1. The highest BCUT2D eigenvalue weighted by atomic mass is 35.5. The molecule has 0 spiro atoms. The Morgan fingerprint density at radius 2 is 2.11 bits per heavy atom. The maximum absolute atomic E-state index is 12.1. The summed E-state index contributed by atoms with van der Waals surface area (Å²) in [6.45, 7) is 1.98. The Bertz CT molecular complexity index is 745. The number of hydrogen-bond acceptors (Lipinski definition) is 3. The lowest BCUT2D eigenvalue weighted by molar-refractivity contribution is 0.102. The molecule has 0 radical (unpaired) electrons. The van der Waals surface area contributed by atoms with Crippen molar-refractivity contribution in [1.29, 1.82) is 0 Å². The number of amides is 1. The number of carbonyl (C=O) groups is 1. The van der Waals surface area contributed by atoms with E-state index in [1.54, 1.807) is 30.5 Å². The average Bonchev–Trinajstić information content (AvgIpc) is 2.95. The molecule has 6 heteroatoms. The normalized spacial score (nSPS) is 10.8. The van der Waals surface area contributed by atoms with E-state index in [2.05, 4.69) is 10.3 Å². The number of thiazole rings is 1. The number of nitrogens with one attached hydrogen (secondary N) is 1. The summed E-state index contributed by atoms with van der Waals surface area (Å²) >= 11 is 7.31. The molecule has 2 heterocycles. The zero-order valence-electron chi connectivity index (χ0n) is 10.1. The van der Waals surface area contributed by atoms with Crippen molar-refractivity contribution in [2.24, 2.45) is 0 Å². The highest BCUT2D eigenvalue weighted by molar-refractivity contribution is 7.15. The smallest absolute Gasteiger partial charge is 0.275 e. The molecule has 0 atom stereocenters. The van der Waals surface area contributed by atoms with Crippen LogP contribution in [0, 0.1) is 6.92 Å². The van der Waals surface area contributed by atoms with E-state index in [1.807, 2.05) is 16.7 Å². The van der Waals surface area contributed by atoms with Gasteiger partial charge in [-0.05, 0) is 31.2 Å². The fraction of sp³-hybridized carbons (Fsp3) is 0.0769. The first kappa shape index (κ1) is 12.2. The van der Waals surface area contributed by atoms with E-state index in [1.165, 1.54) is 11.3 Å². The third-order valence-electron chi connectivity index (χ3n) is 2.72. The van der Waals surface area contributed by atoms with Crippen LogP contribution in [0.5, 0.6) is 0 Å². The van der Waals surface area contributed by atoms with Crippen molar-refractivity contribution < 1.29 is 4.79 Å². The van der Waals surface area contributed by atoms with Gasteiger partial charge in [0.1, 0.15) is 5.69 Å². The van der Waals surface area contributed by atoms with E-state index in [0.717, 1.165) is 10.7 Å². The summed E-state index contributed by atoms with van der Waals surface area (Å²) in [5, 5.41) is 5.43. The van der Waals surface area contributed by atoms with E-state index < -0.39 is 0 Å². The van der Waals surface area contributed by atoms with E-state index >= 15 is 0 Å². The standard InChI is InChI=1S/C13H10ClN3OS/c1-8-7-19-13-16-11(6-17(8)13)12(18)15-10-4-2-9(14)3-5-10/h2-7H,1H3,(H,15,18). The van der Waals surface area contributed by atoms with Gasteiger partial charge in [0.05, 0.1) is 0 Å². The Balaban J connectivity index is 1.85. The van der Waals surface area contributed by atoms with Gasteiger partial charge in [0.25, 0.3) is 5.91 Å². The second-order valence-electron chi connectivity index (χ2n) is 4.12. The molecule has 0 saturated heterocycles. The molecule has 3 aromatic rings. The number of fused-ring (bicyclic) bond motifs is 1. The molecular formula is C13H10ClN3OS. The number of halogens is 1. The molecule has 1 N–H and O–H groups in total. The van der Waals surface area contributed by atoms with Crippen LogP contribution in [0.1, 0.15) is 16.2 Å². The summed E-state index contributed by atoms with van der Waals surface area (Å²) in [5.74, 6) is -0.224. The average molecular weight is 292 g/mol. The van der Waals surface area contributed by atoms with Gasteiger partial charge in [-0.2, -0.15) is 0 Å². The van der Waals surface area contributed by atoms with Crippen LogP contribution < -0.4 is 5.32 Å². The Morgan fingerprint density at radius 1 is 1.37 bits per heavy atom. The molecule has 96 valence electrons. The third-order valence-corrected chi connectivity index (χ3v) is 3.93. The molecular weight excluding hydrogens is 282 g/mol. The van der Waals surface area contributed by atoms with Crippen molar-refractivity contribution in [3.8, 4) is 0 Å². The molecule has 2 aromatic heterocycles. The van der Waals surface area contributed by atoms with Crippen molar-refractivity contribution >= 4 is 39.5 Å². The van der Waals surface area contributed by atoms with Gasteiger partial charge in [-0.3, -0.25) is 9.20 Å². The largest absolute Gasteiger partial charge is 0.321 e. The number of anilines is 1. The van der Waals surface area contributed by atoms with Crippen LogP contribution in [0.3, 0.4) is 0 Å².